The highest BCUT2D eigenvalue weighted by atomic mass is 16.3. The fourth-order valence-corrected chi connectivity index (χ4v) is 8.54. The molecular formula is C60H65N3O. The number of pyridine rings is 1. The largest absolute Gasteiger partial charge is 0.507 e. The van der Waals surface area contributed by atoms with E-state index in [2.05, 4.69) is 165 Å². The van der Waals surface area contributed by atoms with Crippen LogP contribution in [0.5, 0.6) is 5.75 Å². The molecule has 8 rings (SSSR count). The Morgan fingerprint density at radius 2 is 1.22 bits per heavy atom. The minimum absolute atomic E-state index is 0.194. The fourth-order valence-electron chi connectivity index (χ4n) is 8.54. The Kier molecular flexibility index (Phi) is 8.75. The molecule has 2 aromatic heterocycles. The van der Waals surface area contributed by atoms with Crippen LogP contribution in [0.25, 0.3) is 72.7 Å². The molecule has 0 fully saturated rings. The van der Waals surface area contributed by atoms with Crippen molar-refractivity contribution < 1.29 is 17.4 Å². The van der Waals surface area contributed by atoms with E-state index in [1.807, 2.05) is 12.1 Å². The van der Waals surface area contributed by atoms with Gasteiger partial charge in [0.25, 0.3) is 0 Å². The summed E-state index contributed by atoms with van der Waals surface area (Å²) < 4.78 is 76.0. The number of phenols is 1. The summed E-state index contributed by atoms with van der Waals surface area (Å²) in [5, 5.41) is 12.5. The second-order valence-corrected chi connectivity index (χ2v) is 20.2. The minimum atomic E-state index is -3.36. The highest BCUT2D eigenvalue weighted by molar-refractivity contribution is 5.97. The van der Waals surface area contributed by atoms with E-state index in [1.54, 1.807) is 24.4 Å². The summed E-state index contributed by atoms with van der Waals surface area (Å²) >= 11 is 0. The van der Waals surface area contributed by atoms with Gasteiger partial charge in [0.05, 0.1) is 22.3 Å². The van der Waals surface area contributed by atoms with Crippen LogP contribution in [0, 0.1) is 0 Å². The van der Waals surface area contributed by atoms with Crippen molar-refractivity contribution >= 4 is 11.0 Å². The SMILES string of the molecule is [2H]C([2H])([2H])C(c1ccc(-c2ccnc(-c3cc(-c4cccc5c4nc(-c4cc(C(C)(C)C)cc(C(C)(C)C)c4O)n5-c4ccc(-c5ccccc5)c(CC)c4)cc(C(C)(C)C)c3)c2)cc1)(C([2H])([2H])[2H])C([2H])([2H])[2H]. The van der Waals surface area contributed by atoms with Crippen molar-refractivity contribution in [3.63, 3.8) is 0 Å². The van der Waals surface area contributed by atoms with E-state index in [9.17, 15) is 5.11 Å². The van der Waals surface area contributed by atoms with Crippen molar-refractivity contribution in [3.05, 3.63) is 167 Å². The van der Waals surface area contributed by atoms with E-state index in [0.29, 0.717) is 28.2 Å². The second-order valence-electron chi connectivity index (χ2n) is 20.2. The average Bonchev–Trinajstić information content (AvgIpc) is 3.69. The van der Waals surface area contributed by atoms with Gasteiger partial charge in [-0.1, -0.05) is 175 Å². The highest BCUT2D eigenvalue weighted by Crippen LogP contribution is 2.45. The van der Waals surface area contributed by atoms with Gasteiger partial charge in [0.2, 0.25) is 0 Å². The van der Waals surface area contributed by atoms with Crippen molar-refractivity contribution in [1.29, 1.82) is 0 Å². The zero-order valence-electron chi connectivity index (χ0n) is 47.8. The van der Waals surface area contributed by atoms with Crippen LogP contribution in [0.2, 0.25) is 0 Å². The fraction of sp³-hybridized carbons (Fsp3) is 0.300. The number of benzene rings is 6. The summed E-state index contributed by atoms with van der Waals surface area (Å²) in [4.78, 5) is 10.4. The average molecular weight is 853 g/mol. The van der Waals surface area contributed by atoms with E-state index in [0.717, 1.165) is 67.6 Å². The number of phenolic OH excluding ortho intramolecular Hbond substituents is 1. The van der Waals surface area contributed by atoms with Crippen molar-refractivity contribution in [1.82, 2.24) is 14.5 Å². The summed E-state index contributed by atoms with van der Waals surface area (Å²) in [7, 11) is 0. The molecule has 0 aliphatic rings. The number of aromatic hydroxyl groups is 1. The maximum atomic E-state index is 12.5. The van der Waals surface area contributed by atoms with Crippen LogP contribution < -0.4 is 0 Å². The van der Waals surface area contributed by atoms with E-state index in [-0.39, 0.29) is 27.6 Å². The molecule has 0 spiro atoms. The van der Waals surface area contributed by atoms with E-state index < -0.39 is 26.0 Å². The number of imidazole rings is 1. The zero-order chi connectivity index (χ0) is 53.4. The third kappa shape index (κ3) is 8.68. The molecular weight excluding hydrogens is 779 g/mol. The summed E-state index contributed by atoms with van der Waals surface area (Å²) in [6.45, 7) is 11.5. The normalized spacial score (nSPS) is 15.2. The standard InChI is InChI=1S/C60H65N3O/c1-14-38-34-47(27-28-48(38)40-19-16-15-17-20-40)63-53-22-18-21-49(54(53)62-56(63)50-36-46(59(8,9)10)37-51(55(50)64)60(11,12)13)42-31-43(33-45(32-42)58(5,6)7)52-35-41(29-30-61-52)39-23-25-44(26-24-39)57(2,3)4/h15-37,64H,14H2,1-13H3/i2D3,3D3,4D3. The number of aromatic nitrogens is 3. The second kappa shape index (κ2) is 16.4. The Morgan fingerprint density at radius 1 is 0.531 bits per heavy atom. The van der Waals surface area contributed by atoms with Gasteiger partial charge in [-0.2, -0.15) is 0 Å². The maximum Gasteiger partial charge on any atom is 0.149 e. The molecule has 64 heavy (non-hydrogen) atoms. The van der Waals surface area contributed by atoms with Crippen LogP contribution in [0.15, 0.2) is 140 Å². The van der Waals surface area contributed by atoms with Crippen molar-refractivity contribution in [2.24, 2.45) is 0 Å². The number of para-hydroxylation sites is 1. The smallest absolute Gasteiger partial charge is 0.149 e. The minimum Gasteiger partial charge on any atom is -0.507 e. The third-order valence-electron chi connectivity index (χ3n) is 12.3. The number of aryl methyl sites for hydroxylation is 1. The molecule has 1 N–H and O–H groups in total. The quantitative estimate of drug-likeness (QED) is 0.174. The molecule has 4 nitrogen and oxygen atoms in total. The number of nitrogens with zero attached hydrogens (tertiary/aromatic N) is 3. The lowest BCUT2D eigenvalue weighted by molar-refractivity contribution is 0.446. The van der Waals surface area contributed by atoms with Gasteiger partial charge in [0.1, 0.15) is 11.6 Å². The molecule has 0 atom stereocenters. The first-order valence-corrected chi connectivity index (χ1v) is 22.2. The molecule has 0 amide bonds. The molecule has 0 saturated carbocycles. The van der Waals surface area contributed by atoms with Crippen molar-refractivity contribution in [2.75, 3.05) is 0 Å². The zero-order valence-corrected chi connectivity index (χ0v) is 38.8. The van der Waals surface area contributed by atoms with E-state index in [1.165, 1.54) is 17.7 Å². The first kappa shape index (κ1) is 34.2. The lowest BCUT2D eigenvalue weighted by Crippen LogP contribution is -2.17. The Morgan fingerprint density at radius 3 is 1.88 bits per heavy atom. The Hall–Kier alpha value is -6.26. The molecule has 2 heterocycles. The Balaban J connectivity index is 1.34. The van der Waals surface area contributed by atoms with Gasteiger partial charge in [-0.25, -0.2) is 4.98 Å². The topological polar surface area (TPSA) is 50.9 Å². The van der Waals surface area contributed by atoms with E-state index in [4.69, 9.17) is 22.3 Å². The van der Waals surface area contributed by atoms with Crippen LogP contribution in [0.1, 0.15) is 130 Å². The monoisotopic (exact) mass is 853 g/mol. The van der Waals surface area contributed by atoms with Gasteiger partial charge < -0.3 is 5.11 Å². The van der Waals surface area contributed by atoms with Crippen LogP contribution in [-0.4, -0.2) is 19.6 Å². The first-order valence-electron chi connectivity index (χ1n) is 26.7. The summed E-state index contributed by atoms with van der Waals surface area (Å²) in [6.07, 6.45) is 2.49. The van der Waals surface area contributed by atoms with Crippen molar-refractivity contribution in [2.45, 2.75) is 118 Å². The molecule has 0 bridgehead atoms. The van der Waals surface area contributed by atoms with Gasteiger partial charge in [-0.15, -0.1) is 0 Å². The van der Waals surface area contributed by atoms with E-state index >= 15 is 0 Å². The van der Waals surface area contributed by atoms with Crippen LogP contribution in [-0.2, 0) is 28.1 Å². The van der Waals surface area contributed by atoms with Gasteiger partial charge in [0.15, 0.2) is 0 Å². The van der Waals surface area contributed by atoms with Gasteiger partial charge in [0, 0.05) is 40.9 Å². The lowest BCUT2D eigenvalue weighted by Gasteiger charge is -2.27. The van der Waals surface area contributed by atoms with Gasteiger partial charge in [-0.3, -0.25) is 9.55 Å². The predicted octanol–water partition coefficient (Wildman–Crippen LogP) is 16.2. The Labute approximate surface area is 394 Å². The molecule has 6 aromatic carbocycles. The van der Waals surface area contributed by atoms with Crippen LogP contribution in [0.4, 0.5) is 0 Å². The molecule has 0 unspecified atom stereocenters. The number of fused-ring (bicyclic) bond motifs is 1. The molecule has 0 saturated heterocycles. The summed E-state index contributed by atoms with van der Waals surface area (Å²) in [6, 6.07) is 43.3. The van der Waals surface area contributed by atoms with Crippen LogP contribution >= 0.6 is 0 Å². The number of rotatable bonds is 7. The maximum absolute atomic E-state index is 12.5. The molecule has 8 aromatic rings. The number of hydrogen-bond acceptors (Lipinski definition) is 3. The number of hydrogen-bond donors (Lipinski definition) is 1. The molecule has 4 heteroatoms. The first-order chi connectivity index (χ1) is 33.9. The van der Waals surface area contributed by atoms with Crippen LogP contribution in [0.3, 0.4) is 0 Å². The highest BCUT2D eigenvalue weighted by Gasteiger charge is 2.29. The summed E-state index contributed by atoms with van der Waals surface area (Å²) in [5.41, 5.74) is 9.92. The Bertz CT molecular complexity index is 3310. The predicted molar refractivity (Wildman–Crippen MR) is 272 cm³/mol. The summed E-state index contributed by atoms with van der Waals surface area (Å²) in [5.74, 6) is 0.812. The molecule has 0 radical (unpaired) electrons. The molecule has 0 aliphatic heterocycles. The lowest BCUT2D eigenvalue weighted by atomic mass is 9.79. The van der Waals surface area contributed by atoms with Gasteiger partial charge in [-0.05, 0) is 127 Å². The van der Waals surface area contributed by atoms with Crippen molar-refractivity contribution in [3.8, 4) is 67.5 Å². The van der Waals surface area contributed by atoms with Gasteiger partial charge >= 0.3 is 0 Å². The molecule has 0 aliphatic carbocycles. The third-order valence-corrected chi connectivity index (χ3v) is 12.3. The molecule has 326 valence electrons.